The van der Waals surface area contributed by atoms with Gasteiger partial charge in [0, 0.05) is 24.2 Å². The Hall–Kier alpha value is -1.04. The SMILES string of the molecule is COC1CNC(C(=O)Nc2cccc(SC)c2)C1. The normalized spacial score (nSPS) is 23.0. The predicted octanol–water partition coefficient (Wildman–Crippen LogP) is 1.72. The Labute approximate surface area is 111 Å². The Balaban J connectivity index is 1.94. The highest BCUT2D eigenvalue weighted by Gasteiger charge is 2.29. The minimum atomic E-state index is -0.159. The second kappa shape index (κ2) is 6.22. The van der Waals surface area contributed by atoms with Crippen LogP contribution in [0.5, 0.6) is 0 Å². The molecule has 2 atom stereocenters. The Morgan fingerprint density at radius 2 is 2.39 bits per heavy atom. The molecule has 5 heteroatoms. The monoisotopic (exact) mass is 266 g/mol. The van der Waals surface area contributed by atoms with Gasteiger partial charge in [-0.2, -0.15) is 0 Å². The lowest BCUT2D eigenvalue weighted by Crippen LogP contribution is -2.35. The van der Waals surface area contributed by atoms with Crippen molar-refractivity contribution < 1.29 is 9.53 Å². The number of hydrogen-bond acceptors (Lipinski definition) is 4. The molecular weight excluding hydrogens is 248 g/mol. The van der Waals surface area contributed by atoms with Gasteiger partial charge in [-0.1, -0.05) is 6.07 Å². The van der Waals surface area contributed by atoms with Crippen molar-refractivity contribution >= 4 is 23.4 Å². The summed E-state index contributed by atoms with van der Waals surface area (Å²) in [4.78, 5) is 13.2. The maximum atomic E-state index is 12.0. The first kappa shape index (κ1) is 13.4. The highest BCUT2D eigenvalue weighted by molar-refractivity contribution is 7.98. The van der Waals surface area contributed by atoms with E-state index in [2.05, 4.69) is 10.6 Å². The van der Waals surface area contributed by atoms with E-state index in [1.807, 2.05) is 30.5 Å². The van der Waals surface area contributed by atoms with E-state index in [9.17, 15) is 4.79 Å². The van der Waals surface area contributed by atoms with E-state index in [0.717, 1.165) is 23.5 Å². The molecule has 1 saturated heterocycles. The summed E-state index contributed by atoms with van der Waals surface area (Å²) in [5, 5.41) is 6.10. The van der Waals surface area contributed by atoms with Gasteiger partial charge in [-0.05, 0) is 30.9 Å². The van der Waals surface area contributed by atoms with Gasteiger partial charge in [0.05, 0.1) is 12.1 Å². The summed E-state index contributed by atoms with van der Waals surface area (Å²) in [6, 6.07) is 7.69. The first-order valence-electron chi connectivity index (χ1n) is 5.94. The standard InChI is InChI=1S/C13H18N2O2S/c1-17-10-7-12(14-8-10)13(16)15-9-4-3-5-11(6-9)18-2/h3-6,10,12,14H,7-8H2,1-2H3,(H,15,16). The lowest BCUT2D eigenvalue weighted by atomic mass is 10.2. The van der Waals surface area contributed by atoms with Crippen LogP contribution in [0.4, 0.5) is 5.69 Å². The van der Waals surface area contributed by atoms with Crippen LogP contribution in [0.15, 0.2) is 29.2 Å². The number of benzene rings is 1. The van der Waals surface area contributed by atoms with Crippen molar-refractivity contribution in [3.63, 3.8) is 0 Å². The van der Waals surface area contributed by atoms with Gasteiger partial charge in [0.25, 0.3) is 0 Å². The number of hydrogen-bond donors (Lipinski definition) is 2. The van der Waals surface area contributed by atoms with E-state index >= 15 is 0 Å². The van der Waals surface area contributed by atoms with Crippen LogP contribution in [-0.4, -0.2) is 38.0 Å². The van der Waals surface area contributed by atoms with Crippen molar-refractivity contribution in [2.45, 2.75) is 23.5 Å². The number of rotatable bonds is 4. The molecule has 0 bridgehead atoms. The van der Waals surface area contributed by atoms with Crippen molar-refractivity contribution in [3.05, 3.63) is 24.3 Å². The molecule has 0 aromatic heterocycles. The lowest BCUT2D eigenvalue weighted by Gasteiger charge is -2.11. The molecule has 2 unspecified atom stereocenters. The highest BCUT2D eigenvalue weighted by Crippen LogP contribution is 2.19. The number of nitrogens with one attached hydrogen (secondary N) is 2. The summed E-state index contributed by atoms with van der Waals surface area (Å²) in [6.07, 6.45) is 2.88. The zero-order chi connectivity index (χ0) is 13.0. The number of thioether (sulfide) groups is 1. The van der Waals surface area contributed by atoms with E-state index in [1.54, 1.807) is 18.9 Å². The molecule has 0 radical (unpaired) electrons. The largest absolute Gasteiger partial charge is 0.380 e. The molecule has 2 rings (SSSR count). The van der Waals surface area contributed by atoms with Crippen LogP contribution in [0, 0.1) is 0 Å². The molecule has 1 aromatic carbocycles. The summed E-state index contributed by atoms with van der Waals surface area (Å²) in [7, 11) is 1.68. The number of carbonyl (C=O) groups excluding carboxylic acids is 1. The molecule has 0 saturated carbocycles. The van der Waals surface area contributed by atoms with Crippen LogP contribution in [0.2, 0.25) is 0 Å². The van der Waals surface area contributed by atoms with Gasteiger partial charge in [0.2, 0.25) is 5.91 Å². The molecule has 1 aromatic rings. The van der Waals surface area contributed by atoms with Crippen LogP contribution < -0.4 is 10.6 Å². The number of ether oxygens (including phenoxy) is 1. The van der Waals surface area contributed by atoms with Crippen molar-refractivity contribution in [3.8, 4) is 0 Å². The van der Waals surface area contributed by atoms with Crippen LogP contribution in [0.3, 0.4) is 0 Å². The molecule has 0 aliphatic carbocycles. The fourth-order valence-electron chi connectivity index (χ4n) is 2.01. The van der Waals surface area contributed by atoms with Crippen molar-refractivity contribution in [1.29, 1.82) is 0 Å². The van der Waals surface area contributed by atoms with Crippen LogP contribution in [0.1, 0.15) is 6.42 Å². The first-order valence-corrected chi connectivity index (χ1v) is 7.16. The molecule has 1 fully saturated rings. The number of amides is 1. The van der Waals surface area contributed by atoms with Gasteiger partial charge in [0.15, 0.2) is 0 Å². The van der Waals surface area contributed by atoms with Crippen molar-refractivity contribution in [2.24, 2.45) is 0 Å². The topological polar surface area (TPSA) is 50.4 Å². The average Bonchev–Trinajstić information content (AvgIpc) is 2.88. The minimum absolute atomic E-state index is 0.00723. The van der Waals surface area contributed by atoms with Crippen LogP contribution in [0.25, 0.3) is 0 Å². The summed E-state index contributed by atoms with van der Waals surface area (Å²) < 4.78 is 5.23. The lowest BCUT2D eigenvalue weighted by molar-refractivity contribution is -0.118. The van der Waals surface area contributed by atoms with Crippen molar-refractivity contribution in [1.82, 2.24) is 5.32 Å². The third-order valence-corrected chi connectivity index (χ3v) is 3.80. The molecule has 1 aliphatic rings. The molecular formula is C13H18N2O2S. The quantitative estimate of drug-likeness (QED) is 0.815. The Kier molecular flexibility index (Phi) is 4.63. The van der Waals surface area contributed by atoms with Crippen molar-refractivity contribution in [2.75, 3.05) is 25.2 Å². The van der Waals surface area contributed by atoms with E-state index in [4.69, 9.17) is 4.74 Å². The second-order valence-electron chi connectivity index (χ2n) is 4.28. The molecule has 1 amide bonds. The zero-order valence-corrected chi connectivity index (χ0v) is 11.4. The van der Waals surface area contributed by atoms with Crippen LogP contribution in [-0.2, 0) is 9.53 Å². The summed E-state index contributed by atoms with van der Waals surface area (Å²) in [5.74, 6) is 0.00723. The molecule has 1 heterocycles. The maximum Gasteiger partial charge on any atom is 0.241 e. The third-order valence-electron chi connectivity index (χ3n) is 3.08. The fourth-order valence-corrected chi connectivity index (χ4v) is 2.47. The number of methoxy groups -OCH3 is 1. The second-order valence-corrected chi connectivity index (χ2v) is 5.16. The van der Waals surface area contributed by atoms with E-state index in [-0.39, 0.29) is 18.1 Å². The zero-order valence-electron chi connectivity index (χ0n) is 10.6. The summed E-state index contributed by atoms with van der Waals surface area (Å²) >= 11 is 1.66. The predicted molar refractivity (Wildman–Crippen MR) is 74.1 cm³/mol. The third kappa shape index (κ3) is 3.25. The molecule has 1 aliphatic heterocycles. The molecule has 4 nitrogen and oxygen atoms in total. The smallest absolute Gasteiger partial charge is 0.241 e. The van der Waals surface area contributed by atoms with Gasteiger partial charge >= 0.3 is 0 Å². The van der Waals surface area contributed by atoms with Gasteiger partial charge in [-0.15, -0.1) is 11.8 Å². The maximum absolute atomic E-state index is 12.0. The molecule has 18 heavy (non-hydrogen) atoms. The number of carbonyl (C=O) groups is 1. The fraction of sp³-hybridized carbons (Fsp3) is 0.462. The van der Waals surface area contributed by atoms with E-state index in [1.165, 1.54) is 0 Å². The van der Waals surface area contributed by atoms with Gasteiger partial charge in [-0.3, -0.25) is 4.79 Å². The highest BCUT2D eigenvalue weighted by atomic mass is 32.2. The van der Waals surface area contributed by atoms with Gasteiger partial charge < -0.3 is 15.4 Å². The van der Waals surface area contributed by atoms with Gasteiger partial charge in [-0.25, -0.2) is 0 Å². The molecule has 0 spiro atoms. The Morgan fingerprint density at radius 3 is 3.06 bits per heavy atom. The first-order chi connectivity index (χ1) is 8.72. The summed E-state index contributed by atoms with van der Waals surface area (Å²) in [6.45, 7) is 0.736. The minimum Gasteiger partial charge on any atom is -0.380 e. The van der Waals surface area contributed by atoms with Gasteiger partial charge in [0.1, 0.15) is 0 Å². The van der Waals surface area contributed by atoms with Crippen LogP contribution >= 0.6 is 11.8 Å². The summed E-state index contributed by atoms with van der Waals surface area (Å²) in [5.41, 5.74) is 0.842. The van der Waals surface area contributed by atoms with E-state index < -0.39 is 0 Å². The average molecular weight is 266 g/mol. The molecule has 2 N–H and O–H groups in total. The van der Waals surface area contributed by atoms with E-state index in [0.29, 0.717) is 0 Å². The Bertz CT molecular complexity index is 425. The Morgan fingerprint density at radius 1 is 1.56 bits per heavy atom. The molecule has 98 valence electrons. The number of anilines is 1.